The van der Waals surface area contributed by atoms with Gasteiger partial charge in [0.2, 0.25) is 11.8 Å². The highest BCUT2D eigenvalue weighted by atomic mass is 16.2. The molecule has 0 atom stereocenters. The zero-order valence-corrected chi connectivity index (χ0v) is 19.1. The molecule has 4 heteroatoms. The molecule has 170 valence electrons. The van der Waals surface area contributed by atoms with E-state index in [4.69, 9.17) is 0 Å². The Balaban J connectivity index is 1.76. The SMILES string of the molecule is O=C1CCC/C=C/CCCC(=O)Nc2ccc3ccccc3c2-c2c(ccc3ccccc23)N1. The van der Waals surface area contributed by atoms with Gasteiger partial charge in [-0.1, -0.05) is 72.8 Å². The van der Waals surface area contributed by atoms with E-state index in [0.717, 1.165) is 69.7 Å². The van der Waals surface area contributed by atoms with Crippen LogP contribution in [0.3, 0.4) is 0 Å². The van der Waals surface area contributed by atoms with E-state index in [9.17, 15) is 9.59 Å². The Morgan fingerprint density at radius 2 is 0.971 bits per heavy atom. The molecule has 4 aromatic carbocycles. The first-order valence-corrected chi connectivity index (χ1v) is 12.0. The van der Waals surface area contributed by atoms with Gasteiger partial charge >= 0.3 is 0 Å². The minimum absolute atomic E-state index is 0.00264. The van der Waals surface area contributed by atoms with Gasteiger partial charge in [0, 0.05) is 35.3 Å². The Morgan fingerprint density at radius 3 is 1.44 bits per heavy atom. The van der Waals surface area contributed by atoms with Crippen LogP contribution in [0.4, 0.5) is 11.4 Å². The maximum absolute atomic E-state index is 12.9. The van der Waals surface area contributed by atoms with Crippen LogP contribution in [0.15, 0.2) is 84.9 Å². The Bertz CT molecular complexity index is 1300. The van der Waals surface area contributed by atoms with Crippen molar-refractivity contribution in [1.82, 2.24) is 0 Å². The first-order chi connectivity index (χ1) is 16.7. The Labute approximate surface area is 199 Å². The van der Waals surface area contributed by atoms with Crippen LogP contribution in [-0.2, 0) is 9.59 Å². The minimum Gasteiger partial charge on any atom is -0.325 e. The molecule has 5 rings (SSSR count). The summed E-state index contributed by atoms with van der Waals surface area (Å²) in [5.41, 5.74) is 3.40. The van der Waals surface area contributed by atoms with E-state index in [1.165, 1.54) is 0 Å². The number of hydrogen-bond acceptors (Lipinski definition) is 2. The second-order valence-corrected chi connectivity index (χ2v) is 8.77. The average Bonchev–Trinajstić information content (AvgIpc) is 2.85. The van der Waals surface area contributed by atoms with Gasteiger partial charge in [-0.05, 0) is 59.4 Å². The van der Waals surface area contributed by atoms with E-state index in [-0.39, 0.29) is 11.8 Å². The summed E-state index contributed by atoms with van der Waals surface area (Å²) in [4.78, 5) is 25.8. The molecule has 0 unspecified atom stereocenters. The quantitative estimate of drug-likeness (QED) is 0.275. The number of fused-ring (bicyclic) bond motifs is 7. The van der Waals surface area contributed by atoms with Crippen molar-refractivity contribution < 1.29 is 9.59 Å². The third-order valence-corrected chi connectivity index (χ3v) is 6.37. The van der Waals surface area contributed by atoms with E-state index in [2.05, 4.69) is 47.1 Å². The summed E-state index contributed by atoms with van der Waals surface area (Å²) in [6.45, 7) is 0. The van der Waals surface area contributed by atoms with Gasteiger partial charge in [-0.2, -0.15) is 0 Å². The summed E-state index contributed by atoms with van der Waals surface area (Å²) in [6.07, 6.45) is 8.47. The molecule has 0 aliphatic carbocycles. The summed E-state index contributed by atoms with van der Waals surface area (Å²) in [6, 6.07) is 24.4. The molecule has 0 aromatic heterocycles. The average molecular weight is 449 g/mol. The maximum Gasteiger partial charge on any atom is 0.224 e. The fourth-order valence-corrected chi connectivity index (χ4v) is 4.71. The second-order valence-electron chi connectivity index (χ2n) is 8.77. The third kappa shape index (κ3) is 4.58. The van der Waals surface area contributed by atoms with E-state index >= 15 is 0 Å². The number of carbonyl (C=O) groups is 2. The molecule has 0 spiro atoms. The molecule has 1 aliphatic rings. The van der Waals surface area contributed by atoms with Gasteiger partial charge in [0.05, 0.1) is 0 Å². The van der Waals surface area contributed by atoms with Crippen LogP contribution >= 0.6 is 0 Å². The highest BCUT2D eigenvalue weighted by Crippen LogP contribution is 2.43. The summed E-state index contributed by atoms with van der Waals surface area (Å²) in [5, 5.41) is 10.6. The largest absolute Gasteiger partial charge is 0.325 e. The van der Waals surface area contributed by atoms with Crippen molar-refractivity contribution in [2.45, 2.75) is 38.5 Å². The number of anilines is 2. The lowest BCUT2D eigenvalue weighted by Crippen LogP contribution is -2.14. The highest BCUT2D eigenvalue weighted by molar-refractivity contribution is 6.16. The normalized spacial score (nSPS) is 16.4. The molecule has 2 amide bonds. The molecule has 4 nitrogen and oxygen atoms in total. The molecule has 0 radical (unpaired) electrons. The molecular formula is C30H28N2O2. The molecule has 0 saturated carbocycles. The van der Waals surface area contributed by atoms with Crippen molar-refractivity contribution in [3.63, 3.8) is 0 Å². The van der Waals surface area contributed by atoms with Gasteiger partial charge in [-0.3, -0.25) is 9.59 Å². The summed E-state index contributed by atoms with van der Waals surface area (Å²) < 4.78 is 0. The molecule has 0 bridgehead atoms. The minimum atomic E-state index is 0.00264. The van der Waals surface area contributed by atoms with E-state index in [1.807, 2.05) is 48.5 Å². The standard InChI is InChI=1S/C30H28N2O2/c33-27-15-5-3-1-2-4-6-16-28(34)32-26-20-18-22-12-8-10-14-24(22)30(26)29-23-13-9-7-11-21(23)17-19-25(29)31-27/h1-2,7-14,17-20H,3-6,15-16H2,(H,31,33)(H,32,34)/b2-1+. The highest BCUT2D eigenvalue weighted by Gasteiger charge is 2.19. The number of benzene rings is 4. The van der Waals surface area contributed by atoms with E-state index < -0.39 is 0 Å². The number of rotatable bonds is 0. The molecule has 2 N–H and O–H groups in total. The predicted octanol–water partition coefficient (Wildman–Crippen LogP) is 7.45. The first kappa shape index (κ1) is 21.9. The van der Waals surface area contributed by atoms with E-state index in [1.54, 1.807) is 0 Å². The maximum atomic E-state index is 12.9. The number of allylic oxidation sites excluding steroid dienone is 2. The van der Waals surface area contributed by atoms with Gasteiger partial charge < -0.3 is 10.6 Å². The van der Waals surface area contributed by atoms with Crippen LogP contribution in [0.2, 0.25) is 0 Å². The van der Waals surface area contributed by atoms with Crippen LogP contribution in [0.25, 0.3) is 32.7 Å². The Morgan fingerprint density at radius 1 is 0.529 bits per heavy atom. The van der Waals surface area contributed by atoms with Gasteiger partial charge in [0.25, 0.3) is 0 Å². The number of carbonyl (C=O) groups excluding carboxylic acids is 2. The monoisotopic (exact) mass is 448 g/mol. The fraction of sp³-hybridized carbons (Fsp3) is 0.200. The molecule has 0 fully saturated rings. The van der Waals surface area contributed by atoms with Crippen molar-refractivity contribution >= 4 is 44.7 Å². The molecule has 4 aromatic rings. The van der Waals surface area contributed by atoms with Crippen LogP contribution in [0, 0.1) is 0 Å². The van der Waals surface area contributed by atoms with Crippen LogP contribution in [-0.4, -0.2) is 11.8 Å². The molecular weight excluding hydrogens is 420 g/mol. The van der Waals surface area contributed by atoms with Gasteiger partial charge in [0.15, 0.2) is 0 Å². The van der Waals surface area contributed by atoms with Gasteiger partial charge in [-0.15, -0.1) is 0 Å². The molecule has 0 saturated heterocycles. The fourth-order valence-electron chi connectivity index (χ4n) is 4.71. The lowest BCUT2D eigenvalue weighted by atomic mass is 9.90. The summed E-state index contributed by atoms with van der Waals surface area (Å²) in [7, 11) is 0. The summed E-state index contributed by atoms with van der Waals surface area (Å²) >= 11 is 0. The smallest absolute Gasteiger partial charge is 0.224 e. The lowest BCUT2D eigenvalue weighted by Gasteiger charge is -2.20. The van der Waals surface area contributed by atoms with Crippen molar-refractivity contribution in [3.8, 4) is 11.1 Å². The Hall–Kier alpha value is -3.92. The van der Waals surface area contributed by atoms with Crippen molar-refractivity contribution in [2.24, 2.45) is 0 Å². The molecule has 1 heterocycles. The number of nitrogens with one attached hydrogen (secondary N) is 2. The van der Waals surface area contributed by atoms with Crippen LogP contribution in [0.5, 0.6) is 0 Å². The molecule has 34 heavy (non-hydrogen) atoms. The number of hydrogen-bond donors (Lipinski definition) is 2. The predicted molar refractivity (Wildman–Crippen MR) is 141 cm³/mol. The van der Waals surface area contributed by atoms with Gasteiger partial charge in [0.1, 0.15) is 0 Å². The second kappa shape index (κ2) is 9.92. The topological polar surface area (TPSA) is 58.2 Å². The molecule has 1 aliphatic heterocycles. The van der Waals surface area contributed by atoms with E-state index in [0.29, 0.717) is 12.8 Å². The zero-order valence-electron chi connectivity index (χ0n) is 19.1. The Kier molecular flexibility index (Phi) is 6.39. The first-order valence-electron chi connectivity index (χ1n) is 12.0. The van der Waals surface area contributed by atoms with Crippen LogP contribution < -0.4 is 10.6 Å². The summed E-state index contributed by atoms with van der Waals surface area (Å²) in [5.74, 6) is 0.00527. The lowest BCUT2D eigenvalue weighted by molar-refractivity contribution is -0.117. The van der Waals surface area contributed by atoms with Crippen molar-refractivity contribution in [1.29, 1.82) is 0 Å². The number of amides is 2. The van der Waals surface area contributed by atoms with Gasteiger partial charge in [-0.25, -0.2) is 0 Å². The zero-order chi connectivity index (χ0) is 23.3. The van der Waals surface area contributed by atoms with Crippen molar-refractivity contribution in [3.05, 3.63) is 84.9 Å². The van der Waals surface area contributed by atoms with Crippen molar-refractivity contribution in [2.75, 3.05) is 10.6 Å². The van der Waals surface area contributed by atoms with Crippen LogP contribution in [0.1, 0.15) is 38.5 Å². The third-order valence-electron chi connectivity index (χ3n) is 6.37.